The van der Waals surface area contributed by atoms with Gasteiger partial charge in [0.1, 0.15) is 12.4 Å². The molecule has 1 fully saturated rings. The van der Waals surface area contributed by atoms with Gasteiger partial charge in [-0.25, -0.2) is 9.79 Å². The van der Waals surface area contributed by atoms with Crippen molar-refractivity contribution in [2.75, 3.05) is 14.2 Å². The Labute approximate surface area is 229 Å². The number of nitrogens with zero attached hydrogens (tertiary/aromatic N) is 2. The lowest BCUT2D eigenvalue weighted by atomic mass is 10.2. The molecule has 3 aromatic carbocycles. The first-order valence-electron chi connectivity index (χ1n) is 10.5. The Morgan fingerprint density at radius 2 is 1.83 bits per heavy atom. The van der Waals surface area contributed by atoms with Crippen molar-refractivity contribution in [1.29, 1.82) is 0 Å². The van der Waals surface area contributed by atoms with Crippen molar-refractivity contribution in [3.05, 3.63) is 96.4 Å². The molecule has 4 rings (SSSR count). The maximum absolute atomic E-state index is 12.8. The van der Waals surface area contributed by atoms with E-state index in [0.29, 0.717) is 27.9 Å². The molecule has 0 aromatic heterocycles. The molecule has 0 bridgehead atoms. The number of ether oxygens (including phenoxy) is 2. The van der Waals surface area contributed by atoms with Gasteiger partial charge in [-0.2, -0.15) is 0 Å². The third-order valence-electron chi connectivity index (χ3n) is 5.08. The van der Waals surface area contributed by atoms with Crippen molar-refractivity contribution in [1.82, 2.24) is 4.90 Å². The molecule has 0 atom stereocenters. The smallest absolute Gasteiger partial charge is 0.337 e. The van der Waals surface area contributed by atoms with Crippen LogP contribution in [0.4, 0.5) is 5.69 Å². The van der Waals surface area contributed by atoms with Crippen molar-refractivity contribution >= 4 is 79.1 Å². The lowest BCUT2D eigenvalue weighted by Gasteiger charge is -2.09. The van der Waals surface area contributed by atoms with Crippen molar-refractivity contribution in [2.24, 2.45) is 4.99 Å². The Morgan fingerprint density at radius 3 is 2.49 bits per heavy atom. The lowest BCUT2D eigenvalue weighted by Crippen LogP contribution is -2.23. The number of thioether (sulfide) groups is 1. The summed E-state index contributed by atoms with van der Waals surface area (Å²) in [6.07, 6.45) is 1.83. The lowest BCUT2D eigenvalue weighted by molar-refractivity contribution is -0.121. The van der Waals surface area contributed by atoms with Gasteiger partial charge in [-0.3, -0.25) is 9.69 Å². The summed E-state index contributed by atoms with van der Waals surface area (Å²) in [5.74, 6) is 0.190. The molecule has 1 aliphatic rings. The van der Waals surface area contributed by atoms with Crippen LogP contribution in [0.5, 0.6) is 5.75 Å². The Balaban J connectivity index is 1.46. The van der Waals surface area contributed by atoms with E-state index in [1.165, 1.54) is 27.3 Å². The minimum absolute atomic E-state index is 0.130. The highest BCUT2D eigenvalue weighted by Crippen LogP contribution is 2.34. The fourth-order valence-electron chi connectivity index (χ4n) is 3.17. The summed E-state index contributed by atoms with van der Waals surface area (Å²) in [4.78, 5) is 31.0. The number of amidine groups is 1. The third kappa shape index (κ3) is 6.33. The minimum Gasteiger partial charge on any atom is -0.488 e. The maximum Gasteiger partial charge on any atom is 0.337 e. The standard InChI is InChI=1S/C26H20BrIN2O4S/c1-30-24(31)23(35-26(30)29-20-10-6-18(7-11-20)25(32)33-2)14-17-5-12-22(21(27)13-17)34-15-16-3-8-19(28)9-4-16/h3-14H,15H2,1-2H3/b23-14-,29-26?. The fraction of sp³-hybridized carbons (Fsp3) is 0.115. The van der Waals surface area contributed by atoms with Gasteiger partial charge in [0.05, 0.1) is 27.7 Å². The molecule has 1 amide bonds. The molecular formula is C26H20BrIN2O4S. The Morgan fingerprint density at radius 1 is 1.11 bits per heavy atom. The van der Waals surface area contributed by atoms with Crippen molar-refractivity contribution in [3.63, 3.8) is 0 Å². The van der Waals surface area contributed by atoms with Crippen LogP contribution in [0.3, 0.4) is 0 Å². The summed E-state index contributed by atoms with van der Waals surface area (Å²) < 4.78 is 12.6. The first-order valence-corrected chi connectivity index (χ1v) is 13.1. The van der Waals surface area contributed by atoms with Crippen LogP contribution < -0.4 is 4.74 Å². The number of benzene rings is 3. The monoisotopic (exact) mass is 662 g/mol. The van der Waals surface area contributed by atoms with E-state index in [9.17, 15) is 9.59 Å². The molecule has 0 N–H and O–H groups in total. The number of carbonyl (C=O) groups excluding carboxylic acids is 2. The van der Waals surface area contributed by atoms with Crippen LogP contribution in [0.15, 0.2) is 81.1 Å². The third-order valence-corrected chi connectivity index (χ3v) is 7.48. The number of carbonyl (C=O) groups is 2. The molecule has 1 saturated heterocycles. The number of aliphatic imine (C=N–C) groups is 1. The van der Waals surface area contributed by atoms with Gasteiger partial charge >= 0.3 is 5.97 Å². The molecule has 6 nitrogen and oxygen atoms in total. The number of halogens is 2. The fourth-order valence-corrected chi connectivity index (χ4v) is 5.03. The van der Waals surface area contributed by atoms with Gasteiger partial charge in [-0.1, -0.05) is 18.2 Å². The zero-order valence-corrected chi connectivity index (χ0v) is 23.4. The van der Waals surface area contributed by atoms with E-state index in [2.05, 4.69) is 43.5 Å². The summed E-state index contributed by atoms with van der Waals surface area (Å²) in [5, 5.41) is 0.559. The normalized spacial score (nSPS) is 15.7. The van der Waals surface area contributed by atoms with E-state index in [-0.39, 0.29) is 5.91 Å². The largest absolute Gasteiger partial charge is 0.488 e. The first kappa shape index (κ1) is 25.5. The van der Waals surface area contributed by atoms with Crippen LogP contribution in [-0.2, 0) is 16.1 Å². The number of likely N-dealkylation sites (N-methyl/N-ethyl adjacent to an activating group) is 1. The van der Waals surface area contributed by atoms with E-state index in [1.807, 2.05) is 48.5 Å². The molecule has 0 aliphatic carbocycles. The number of rotatable bonds is 6. The predicted octanol–water partition coefficient (Wildman–Crippen LogP) is 6.65. The van der Waals surface area contributed by atoms with Gasteiger partial charge in [-0.15, -0.1) is 0 Å². The highest BCUT2D eigenvalue weighted by molar-refractivity contribution is 14.1. The van der Waals surface area contributed by atoms with Crippen LogP contribution in [0.2, 0.25) is 0 Å². The van der Waals surface area contributed by atoms with Crippen LogP contribution in [0.1, 0.15) is 21.5 Å². The molecule has 35 heavy (non-hydrogen) atoms. The topological polar surface area (TPSA) is 68.2 Å². The second-order valence-corrected chi connectivity index (χ2v) is 10.6. The average molecular weight is 663 g/mol. The number of amides is 1. The molecule has 9 heteroatoms. The Bertz CT molecular complexity index is 1320. The summed E-state index contributed by atoms with van der Waals surface area (Å²) in [5.41, 5.74) is 3.04. The second kappa shape index (κ2) is 11.4. The molecule has 0 saturated carbocycles. The number of methoxy groups -OCH3 is 1. The molecule has 0 radical (unpaired) electrons. The summed E-state index contributed by atoms with van der Waals surface area (Å²) in [7, 11) is 3.03. The molecule has 178 valence electrons. The summed E-state index contributed by atoms with van der Waals surface area (Å²) in [6.45, 7) is 0.468. The van der Waals surface area contributed by atoms with Gasteiger partial charge in [0.15, 0.2) is 5.17 Å². The zero-order valence-electron chi connectivity index (χ0n) is 18.8. The Kier molecular flexibility index (Phi) is 8.30. The molecule has 3 aromatic rings. The van der Waals surface area contributed by atoms with Crippen molar-refractivity contribution in [2.45, 2.75) is 6.61 Å². The van der Waals surface area contributed by atoms with E-state index in [1.54, 1.807) is 31.3 Å². The zero-order chi connectivity index (χ0) is 24.9. The highest BCUT2D eigenvalue weighted by atomic mass is 127. The van der Waals surface area contributed by atoms with E-state index < -0.39 is 5.97 Å². The predicted molar refractivity (Wildman–Crippen MR) is 151 cm³/mol. The van der Waals surface area contributed by atoms with Gasteiger partial charge in [0, 0.05) is 10.6 Å². The number of esters is 1. The molecule has 1 heterocycles. The van der Waals surface area contributed by atoms with Crippen LogP contribution in [0, 0.1) is 3.57 Å². The van der Waals surface area contributed by atoms with Crippen LogP contribution in [0.25, 0.3) is 6.08 Å². The van der Waals surface area contributed by atoms with E-state index in [4.69, 9.17) is 9.47 Å². The average Bonchev–Trinajstić information content (AvgIpc) is 3.12. The van der Waals surface area contributed by atoms with Gasteiger partial charge in [0.25, 0.3) is 5.91 Å². The Hall–Kier alpha value is -2.63. The second-order valence-electron chi connectivity index (χ2n) is 7.51. The number of hydrogen-bond donors (Lipinski definition) is 0. The van der Waals surface area contributed by atoms with Crippen LogP contribution >= 0.6 is 50.3 Å². The van der Waals surface area contributed by atoms with Gasteiger partial charge < -0.3 is 9.47 Å². The number of hydrogen-bond acceptors (Lipinski definition) is 6. The molecule has 0 unspecified atom stereocenters. The van der Waals surface area contributed by atoms with Crippen LogP contribution in [-0.4, -0.2) is 36.1 Å². The molecule has 1 aliphatic heterocycles. The van der Waals surface area contributed by atoms with Crippen molar-refractivity contribution < 1.29 is 19.1 Å². The highest BCUT2D eigenvalue weighted by Gasteiger charge is 2.30. The van der Waals surface area contributed by atoms with Gasteiger partial charge in [0.2, 0.25) is 0 Å². The molecule has 0 spiro atoms. The summed E-state index contributed by atoms with van der Waals surface area (Å²) in [6, 6.07) is 20.6. The van der Waals surface area contributed by atoms with Gasteiger partial charge in [-0.05, 0) is 116 Å². The van der Waals surface area contributed by atoms with Crippen molar-refractivity contribution in [3.8, 4) is 5.75 Å². The maximum atomic E-state index is 12.8. The van der Waals surface area contributed by atoms with E-state index in [0.717, 1.165) is 21.3 Å². The first-order chi connectivity index (χ1) is 16.8. The minimum atomic E-state index is -0.408. The quantitative estimate of drug-likeness (QED) is 0.168. The SMILES string of the molecule is COC(=O)c1ccc(N=C2S/C(=C\c3ccc(OCc4ccc(I)cc4)c(Br)c3)C(=O)N2C)cc1. The van der Waals surface area contributed by atoms with E-state index >= 15 is 0 Å². The molecular weight excluding hydrogens is 643 g/mol. The summed E-state index contributed by atoms with van der Waals surface area (Å²) >= 11 is 7.14.